The molecular formula is C6H8O4S. The van der Waals surface area contributed by atoms with Crippen LogP contribution in [0, 0.1) is 11.8 Å². The molecule has 1 saturated heterocycles. The Morgan fingerprint density at radius 1 is 1.45 bits per heavy atom. The lowest BCUT2D eigenvalue weighted by atomic mass is 10.2. The molecule has 4 nitrogen and oxygen atoms in total. The van der Waals surface area contributed by atoms with E-state index >= 15 is 0 Å². The SMILES string of the molecule is O=C(O)C1C2CCS(=O)(=O)C21. The molecule has 62 valence electrons. The van der Waals surface area contributed by atoms with Crippen LogP contribution in [0.4, 0.5) is 0 Å². The maximum atomic E-state index is 11.1. The van der Waals surface area contributed by atoms with Crippen LogP contribution in [0.5, 0.6) is 0 Å². The molecule has 0 radical (unpaired) electrons. The first-order valence-corrected chi connectivity index (χ1v) is 5.20. The van der Waals surface area contributed by atoms with E-state index in [9.17, 15) is 13.2 Å². The zero-order valence-corrected chi connectivity index (χ0v) is 6.54. The Bertz CT molecular complexity index is 305. The van der Waals surface area contributed by atoms with Crippen LogP contribution < -0.4 is 0 Å². The maximum absolute atomic E-state index is 11.1. The number of carboxylic acid groups (broad SMARTS) is 1. The highest BCUT2D eigenvalue weighted by molar-refractivity contribution is 7.92. The van der Waals surface area contributed by atoms with Crippen molar-refractivity contribution in [2.45, 2.75) is 11.7 Å². The van der Waals surface area contributed by atoms with Crippen molar-refractivity contribution in [3.05, 3.63) is 0 Å². The predicted molar refractivity (Wildman–Crippen MR) is 36.8 cm³/mol. The Balaban J connectivity index is 2.26. The van der Waals surface area contributed by atoms with Crippen molar-refractivity contribution in [3.63, 3.8) is 0 Å². The lowest BCUT2D eigenvalue weighted by Gasteiger charge is -1.96. The first-order valence-electron chi connectivity index (χ1n) is 3.48. The molecule has 1 saturated carbocycles. The van der Waals surface area contributed by atoms with Gasteiger partial charge in [0.2, 0.25) is 0 Å². The molecule has 1 aliphatic heterocycles. The summed E-state index contributed by atoms with van der Waals surface area (Å²) < 4.78 is 22.1. The number of rotatable bonds is 1. The minimum atomic E-state index is -3.03. The maximum Gasteiger partial charge on any atom is 0.308 e. The fraction of sp³-hybridized carbons (Fsp3) is 0.833. The summed E-state index contributed by atoms with van der Waals surface area (Å²) in [5.74, 6) is -1.43. The lowest BCUT2D eigenvalue weighted by Crippen LogP contribution is -2.14. The monoisotopic (exact) mass is 176 g/mol. The third-order valence-electron chi connectivity index (χ3n) is 2.53. The normalized spacial score (nSPS) is 44.9. The number of aliphatic carboxylic acids is 1. The van der Waals surface area contributed by atoms with Gasteiger partial charge in [-0.15, -0.1) is 0 Å². The third kappa shape index (κ3) is 0.803. The second-order valence-electron chi connectivity index (χ2n) is 3.15. The fourth-order valence-corrected chi connectivity index (χ4v) is 4.32. The smallest absolute Gasteiger partial charge is 0.308 e. The van der Waals surface area contributed by atoms with Gasteiger partial charge in [0.25, 0.3) is 0 Å². The Morgan fingerprint density at radius 3 is 2.36 bits per heavy atom. The summed E-state index contributed by atoms with van der Waals surface area (Å²) in [7, 11) is -3.03. The Kier molecular flexibility index (Phi) is 1.14. The van der Waals surface area contributed by atoms with Crippen molar-refractivity contribution in [2.24, 2.45) is 11.8 Å². The largest absolute Gasteiger partial charge is 0.481 e. The summed E-state index contributed by atoms with van der Waals surface area (Å²) in [6, 6.07) is 0. The summed E-state index contributed by atoms with van der Waals surface area (Å²) >= 11 is 0. The van der Waals surface area contributed by atoms with Crippen LogP contribution in [0.15, 0.2) is 0 Å². The van der Waals surface area contributed by atoms with Gasteiger partial charge in [0.1, 0.15) is 0 Å². The van der Waals surface area contributed by atoms with Gasteiger partial charge in [0, 0.05) is 0 Å². The zero-order chi connectivity index (χ0) is 8.22. The Labute approximate surface area is 64.1 Å². The van der Waals surface area contributed by atoms with Gasteiger partial charge in [-0.05, 0) is 12.3 Å². The number of hydrogen-bond acceptors (Lipinski definition) is 3. The molecule has 11 heavy (non-hydrogen) atoms. The molecule has 1 aliphatic carbocycles. The van der Waals surface area contributed by atoms with Crippen LogP contribution in [0.2, 0.25) is 0 Å². The highest BCUT2D eigenvalue weighted by Gasteiger charge is 2.65. The van der Waals surface area contributed by atoms with E-state index in [1.807, 2.05) is 0 Å². The zero-order valence-electron chi connectivity index (χ0n) is 5.73. The molecule has 0 amide bonds. The van der Waals surface area contributed by atoms with Crippen molar-refractivity contribution in [1.29, 1.82) is 0 Å². The molecule has 0 bridgehead atoms. The number of sulfone groups is 1. The van der Waals surface area contributed by atoms with E-state index in [1.54, 1.807) is 0 Å². The topological polar surface area (TPSA) is 71.4 Å². The van der Waals surface area contributed by atoms with Gasteiger partial charge in [0.05, 0.1) is 16.9 Å². The number of hydrogen-bond donors (Lipinski definition) is 1. The molecule has 0 spiro atoms. The first-order chi connectivity index (χ1) is 5.04. The van der Waals surface area contributed by atoms with Crippen LogP contribution >= 0.6 is 0 Å². The molecule has 1 N–H and O–H groups in total. The van der Waals surface area contributed by atoms with Crippen LogP contribution in [0.1, 0.15) is 6.42 Å². The summed E-state index contributed by atoms with van der Waals surface area (Å²) in [5, 5.41) is 7.99. The average molecular weight is 176 g/mol. The highest BCUT2D eigenvalue weighted by Crippen LogP contribution is 2.52. The molecule has 0 aromatic rings. The van der Waals surface area contributed by atoms with Crippen molar-refractivity contribution >= 4 is 15.8 Å². The van der Waals surface area contributed by atoms with E-state index in [0.717, 1.165) is 0 Å². The molecule has 2 rings (SSSR count). The molecule has 2 aliphatic rings. The number of fused-ring (bicyclic) bond motifs is 1. The molecule has 1 heterocycles. The number of carbonyl (C=O) groups is 1. The van der Waals surface area contributed by atoms with E-state index in [4.69, 9.17) is 5.11 Å². The second-order valence-corrected chi connectivity index (χ2v) is 5.43. The van der Waals surface area contributed by atoms with Crippen molar-refractivity contribution in [1.82, 2.24) is 0 Å². The van der Waals surface area contributed by atoms with Crippen LogP contribution in [-0.4, -0.2) is 30.5 Å². The van der Waals surface area contributed by atoms with E-state index in [1.165, 1.54) is 0 Å². The molecule has 5 heteroatoms. The Morgan fingerprint density at radius 2 is 2.09 bits per heavy atom. The summed E-state index contributed by atoms with van der Waals surface area (Å²) in [5.41, 5.74) is 0. The van der Waals surface area contributed by atoms with E-state index < -0.39 is 27.0 Å². The minimum absolute atomic E-state index is 0.0718. The summed E-state index contributed by atoms with van der Waals surface area (Å²) in [6.07, 6.45) is 0.546. The van der Waals surface area contributed by atoms with Gasteiger partial charge >= 0.3 is 5.97 Å². The van der Waals surface area contributed by atoms with Crippen molar-refractivity contribution < 1.29 is 18.3 Å². The lowest BCUT2D eigenvalue weighted by molar-refractivity contribution is -0.138. The van der Waals surface area contributed by atoms with Gasteiger partial charge < -0.3 is 5.11 Å². The van der Waals surface area contributed by atoms with Crippen molar-refractivity contribution in [2.75, 3.05) is 5.75 Å². The molecule has 2 fully saturated rings. The average Bonchev–Trinajstić information content (AvgIpc) is 2.51. The van der Waals surface area contributed by atoms with E-state index in [-0.39, 0.29) is 11.7 Å². The predicted octanol–water partition coefficient (Wildman–Crippen LogP) is -0.496. The summed E-state index contributed by atoms with van der Waals surface area (Å²) in [4.78, 5) is 10.4. The molecule has 0 aromatic carbocycles. The summed E-state index contributed by atoms with van der Waals surface area (Å²) in [6.45, 7) is 0. The molecule has 0 aromatic heterocycles. The van der Waals surface area contributed by atoms with Crippen molar-refractivity contribution in [3.8, 4) is 0 Å². The van der Waals surface area contributed by atoms with Gasteiger partial charge in [0.15, 0.2) is 9.84 Å². The van der Waals surface area contributed by atoms with Gasteiger partial charge in [-0.3, -0.25) is 4.79 Å². The first kappa shape index (κ1) is 7.09. The molecule has 3 unspecified atom stereocenters. The Hall–Kier alpha value is -0.580. The molecular weight excluding hydrogens is 168 g/mol. The van der Waals surface area contributed by atoms with E-state index in [0.29, 0.717) is 6.42 Å². The van der Waals surface area contributed by atoms with Crippen LogP contribution in [0.25, 0.3) is 0 Å². The highest BCUT2D eigenvalue weighted by atomic mass is 32.2. The van der Waals surface area contributed by atoms with Gasteiger partial charge in [-0.1, -0.05) is 0 Å². The van der Waals surface area contributed by atoms with Gasteiger partial charge in [-0.25, -0.2) is 8.42 Å². The van der Waals surface area contributed by atoms with Crippen LogP contribution in [0.3, 0.4) is 0 Å². The fourth-order valence-electron chi connectivity index (χ4n) is 1.94. The number of carboxylic acids is 1. The van der Waals surface area contributed by atoms with E-state index in [2.05, 4.69) is 0 Å². The third-order valence-corrected chi connectivity index (χ3v) is 4.81. The standard InChI is InChI=1S/C6H8O4S/c7-6(8)4-3-1-2-11(9,10)5(3)4/h3-5H,1-2H2,(H,7,8). The molecule has 3 atom stereocenters. The second kappa shape index (κ2) is 1.77. The van der Waals surface area contributed by atoms with Crippen LogP contribution in [-0.2, 0) is 14.6 Å². The van der Waals surface area contributed by atoms with Gasteiger partial charge in [-0.2, -0.15) is 0 Å². The quantitative estimate of drug-likeness (QED) is 0.585. The minimum Gasteiger partial charge on any atom is -0.481 e.